The first-order chi connectivity index (χ1) is 6.09. The number of piperidine rings is 1. The lowest BCUT2D eigenvalue weighted by molar-refractivity contribution is 0.368. The minimum Gasteiger partial charge on any atom is -0.314 e. The molecule has 74 valence electrons. The maximum Gasteiger partial charge on any atom is 0.0480 e. The summed E-state index contributed by atoms with van der Waals surface area (Å²) in [6.45, 7) is 10.1. The van der Waals surface area contributed by atoms with Gasteiger partial charge >= 0.3 is 0 Å². The Balaban J connectivity index is 1.81. The van der Waals surface area contributed by atoms with Gasteiger partial charge in [-0.25, -0.2) is 0 Å². The smallest absolute Gasteiger partial charge is 0.0480 e. The fourth-order valence-electron chi connectivity index (χ4n) is 3.83. The summed E-state index contributed by atoms with van der Waals surface area (Å²) in [4.78, 5) is 0. The Morgan fingerprint density at radius 2 is 1.54 bits per heavy atom. The van der Waals surface area contributed by atoms with Gasteiger partial charge in [0.15, 0.2) is 0 Å². The van der Waals surface area contributed by atoms with Crippen molar-refractivity contribution in [1.82, 2.24) is 10.6 Å². The van der Waals surface area contributed by atoms with E-state index in [1.165, 1.54) is 13.1 Å². The highest BCUT2D eigenvalue weighted by atomic mass is 28.3. The van der Waals surface area contributed by atoms with Gasteiger partial charge in [-0.2, -0.15) is 0 Å². The molecule has 2 N–H and O–H groups in total. The molecule has 0 aromatic rings. The molecule has 0 aromatic carbocycles. The second kappa shape index (κ2) is 2.38. The highest BCUT2D eigenvalue weighted by Crippen LogP contribution is 2.64. The van der Waals surface area contributed by atoms with E-state index in [9.17, 15) is 0 Å². The number of nitrogens with one attached hydrogen (secondary N) is 2. The number of fused-ring (bicyclic) bond motifs is 5. The van der Waals surface area contributed by atoms with Gasteiger partial charge in [0.05, 0.1) is 0 Å². The van der Waals surface area contributed by atoms with Crippen LogP contribution in [-0.4, -0.2) is 33.2 Å². The Morgan fingerprint density at radius 3 is 2.00 bits per heavy atom. The Bertz CT molecular complexity index is 220. The maximum atomic E-state index is 3.75. The van der Waals surface area contributed by atoms with Crippen LogP contribution in [0.4, 0.5) is 0 Å². The van der Waals surface area contributed by atoms with Crippen LogP contribution < -0.4 is 10.6 Å². The molecule has 1 saturated carbocycles. The summed E-state index contributed by atoms with van der Waals surface area (Å²) in [5.74, 6) is 2.10. The quantitative estimate of drug-likeness (QED) is 0.609. The highest BCUT2D eigenvalue weighted by Gasteiger charge is 2.66. The molecule has 2 heterocycles. The Hall–Kier alpha value is 0.137. The zero-order chi connectivity index (χ0) is 9.22. The summed E-state index contributed by atoms with van der Waals surface area (Å²) < 4.78 is 0. The van der Waals surface area contributed by atoms with E-state index in [4.69, 9.17) is 0 Å². The van der Waals surface area contributed by atoms with Crippen molar-refractivity contribution in [2.75, 3.05) is 13.1 Å². The Kier molecular flexibility index (Phi) is 1.55. The third-order valence-electron chi connectivity index (χ3n) is 4.22. The largest absolute Gasteiger partial charge is 0.314 e. The van der Waals surface area contributed by atoms with E-state index >= 15 is 0 Å². The van der Waals surface area contributed by atoms with Gasteiger partial charge in [-0.1, -0.05) is 19.6 Å². The summed E-state index contributed by atoms with van der Waals surface area (Å²) in [5.41, 5.74) is 1.13. The van der Waals surface area contributed by atoms with Gasteiger partial charge in [-0.15, -0.1) is 0 Å². The SMILES string of the molecule is C[Si](C)(C)C1[C@@H]2[C@H]1[C@H]1CNC[C@@H]2N1. The summed E-state index contributed by atoms with van der Waals surface area (Å²) >= 11 is 0. The standard InChI is InChI=1S/C10H20N2Si/c1-13(2,3)10-8-6-4-11-5-7(12-6)9(8)10/h6-12H,4-5H2,1-3H3/t6-,7+,8-,9+,10?. The summed E-state index contributed by atoms with van der Waals surface area (Å²) in [5, 5.41) is 7.28. The Labute approximate surface area is 81.5 Å². The number of piperazine rings is 1. The minimum atomic E-state index is -0.853. The molecule has 2 saturated heterocycles. The fourth-order valence-corrected chi connectivity index (χ4v) is 6.94. The fraction of sp³-hybridized carbons (Fsp3) is 1.00. The van der Waals surface area contributed by atoms with Crippen LogP contribution in [0.15, 0.2) is 0 Å². The van der Waals surface area contributed by atoms with Crippen LogP contribution in [-0.2, 0) is 0 Å². The molecule has 3 fully saturated rings. The molecule has 3 heteroatoms. The minimum absolute atomic E-state index is 0.820. The second-order valence-electron chi connectivity index (χ2n) is 6.08. The molecule has 3 rings (SSSR count). The van der Waals surface area contributed by atoms with Gasteiger partial charge in [0, 0.05) is 33.2 Å². The normalized spacial score (nSPS) is 53.3. The molecule has 0 amide bonds. The summed E-state index contributed by atoms with van der Waals surface area (Å²) in [6.07, 6.45) is 0. The van der Waals surface area contributed by atoms with E-state index in [1.807, 2.05) is 0 Å². The van der Waals surface area contributed by atoms with Gasteiger partial charge in [0.1, 0.15) is 0 Å². The van der Waals surface area contributed by atoms with Crippen LogP contribution in [0.2, 0.25) is 25.2 Å². The zero-order valence-electron chi connectivity index (χ0n) is 8.80. The number of rotatable bonds is 1. The van der Waals surface area contributed by atoms with Gasteiger partial charge in [-0.3, -0.25) is 0 Å². The van der Waals surface area contributed by atoms with Crippen LogP contribution >= 0.6 is 0 Å². The van der Waals surface area contributed by atoms with Crippen molar-refractivity contribution < 1.29 is 0 Å². The van der Waals surface area contributed by atoms with Crippen LogP contribution in [0.25, 0.3) is 0 Å². The Morgan fingerprint density at radius 1 is 1.00 bits per heavy atom. The monoisotopic (exact) mass is 196 g/mol. The lowest BCUT2D eigenvalue weighted by Gasteiger charge is -2.31. The first kappa shape index (κ1) is 8.45. The molecule has 0 spiro atoms. The maximum absolute atomic E-state index is 3.75. The first-order valence-corrected chi connectivity index (χ1v) is 9.13. The molecular formula is C10H20N2Si. The molecule has 0 aromatic heterocycles. The molecule has 2 nitrogen and oxygen atoms in total. The molecule has 1 aliphatic carbocycles. The molecule has 2 bridgehead atoms. The lowest BCUT2D eigenvalue weighted by Crippen LogP contribution is -2.53. The number of hydrogen-bond donors (Lipinski definition) is 2. The van der Waals surface area contributed by atoms with E-state index in [0.29, 0.717) is 0 Å². The predicted octanol–water partition coefficient (Wildman–Crippen LogP) is 0.884. The van der Waals surface area contributed by atoms with Crippen molar-refractivity contribution in [3.05, 3.63) is 0 Å². The number of hydrogen-bond acceptors (Lipinski definition) is 2. The van der Waals surface area contributed by atoms with Gasteiger partial charge in [0.25, 0.3) is 0 Å². The molecule has 13 heavy (non-hydrogen) atoms. The van der Waals surface area contributed by atoms with Crippen LogP contribution in [0.5, 0.6) is 0 Å². The van der Waals surface area contributed by atoms with Crippen LogP contribution in [0.1, 0.15) is 0 Å². The van der Waals surface area contributed by atoms with E-state index in [-0.39, 0.29) is 0 Å². The topological polar surface area (TPSA) is 24.1 Å². The van der Waals surface area contributed by atoms with Crippen LogP contribution in [0, 0.1) is 11.8 Å². The van der Waals surface area contributed by atoms with E-state index in [2.05, 4.69) is 30.3 Å². The van der Waals surface area contributed by atoms with Crippen molar-refractivity contribution in [1.29, 1.82) is 0 Å². The van der Waals surface area contributed by atoms with E-state index < -0.39 is 8.07 Å². The predicted molar refractivity (Wildman–Crippen MR) is 57.7 cm³/mol. The highest BCUT2D eigenvalue weighted by molar-refractivity contribution is 6.78. The average Bonchev–Trinajstić information content (AvgIpc) is 2.72. The molecule has 2 aliphatic heterocycles. The molecule has 5 atom stereocenters. The van der Waals surface area contributed by atoms with Crippen LogP contribution in [0.3, 0.4) is 0 Å². The van der Waals surface area contributed by atoms with Crippen molar-refractivity contribution in [2.24, 2.45) is 11.8 Å². The molecule has 1 unspecified atom stereocenters. The average molecular weight is 196 g/mol. The van der Waals surface area contributed by atoms with E-state index in [1.54, 1.807) is 0 Å². The van der Waals surface area contributed by atoms with E-state index in [0.717, 1.165) is 29.5 Å². The summed E-state index contributed by atoms with van der Waals surface area (Å²) in [7, 11) is -0.853. The third kappa shape index (κ3) is 1.07. The van der Waals surface area contributed by atoms with Gasteiger partial charge in [-0.05, 0) is 17.4 Å². The summed E-state index contributed by atoms with van der Waals surface area (Å²) in [6, 6.07) is 1.64. The molecule has 0 radical (unpaired) electrons. The molecular weight excluding hydrogens is 176 g/mol. The lowest BCUT2D eigenvalue weighted by atomic mass is 10.2. The van der Waals surface area contributed by atoms with Crippen molar-refractivity contribution in [3.63, 3.8) is 0 Å². The third-order valence-corrected chi connectivity index (χ3v) is 6.99. The molecule has 3 aliphatic rings. The first-order valence-electron chi connectivity index (χ1n) is 5.56. The second-order valence-corrected chi connectivity index (χ2v) is 11.5. The van der Waals surface area contributed by atoms with Gasteiger partial charge < -0.3 is 10.6 Å². The zero-order valence-corrected chi connectivity index (χ0v) is 9.80. The van der Waals surface area contributed by atoms with Crippen molar-refractivity contribution in [2.45, 2.75) is 37.3 Å². The van der Waals surface area contributed by atoms with Gasteiger partial charge in [0.2, 0.25) is 0 Å². The van der Waals surface area contributed by atoms with Crippen molar-refractivity contribution >= 4 is 8.07 Å². The van der Waals surface area contributed by atoms with Crippen molar-refractivity contribution in [3.8, 4) is 0 Å².